The summed E-state index contributed by atoms with van der Waals surface area (Å²) in [5.41, 5.74) is 2.66. The van der Waals surface area contributed by atoms with E-state index in [1.54, 1.807) is 18.2 Å². The van der Waals surface area contributed by atoms with Gasteiger partial charge in [-0.25, -0.2) is 0 Å². The predicted octanol–water partition coefficient (Wildman–Crippen LogP) is 4.54. The first-order valence-electron chi connectivity index (χ1n) is 7.95. The molecule has 25 heavy (non-hydrogen) atoms. The highest BCUT2D eigenvalue weighted by atomic mass is 35.5. The molecule has 4 nitrogen and oxygen atoms in total. The van der Waals surface area contributed by atoms with E-state index in [0.29, 0.717) is 22.2 Å². The second kappa shape index (κ2) is 8.45. The lowest BCUT2D eigenvalue weighted by molar-refractivity contribution is -0.122. The summed E-state index contributed by atoms with van der Waals surface area (Å²) >= 11 is 12.7. The number of phenolic OH excluding ortho intramolecular Hbond substituents is 1. The average molecular weight is 382 g/mol. The van der Waals surface area contributed by atoms with Gasteiger partial charge in [0.15, 0.2) is 6.61 Å². The summed E-state index contributed by atoms with van der Waals surface area (Å²) in [6.07, 6.45) is 0.535. The Morgan fingerprint density at radius 2 is 1.84 bits per heavy atom. The first-order chi connectivity index (χ1) is 11.8. The summed E-state index contributed by atoms with van der Waals surface area (Å²) in [5, 5.41) is 13.4. The second-order valence-electron chi connectivity index (χ2n) is 6.05. The summed E-state index contributed by atoms with van der Waals surface area (Å²) in [7, 11) is 1.54. The average Bonchev–Trinajstić information content (AvgIpc) is 2.57. The summed E-state index contributed by atoms with van der Waals surface area (Å²) in [4.78, 5) is 11.3. The number of halogens is 2. The van der Waals surface area contributed by atoms with Crippen molar-refractivity contribution in [2.24, 2.45) is 0 Å². The molecule has 0 aromatic heterocycles. The van der Waals surface area contributed by atoms with E-state index in [9.17, 15) is 9.90 Å². The Bertz CT molecular complexity index is 752. The minimum absolute atomic E-state index is 0.0990. The van der Waals surface area contributed by atoms with Gasteiger partial charge in [-0.05, 0) is 40.8 Å². The fourth-order valence-electron chi connectivity index (χ4n) is 2.43. The first-order valence-corrected chi connectivity index (χ1v) is 8.70. The largest absolute Gasteiger partial charge is 0.508 e. The van der Waals surface area contributed by atoms with Crippen LogP contribution >= 0.6 is 23.2 Å². The smallest absolute Gasteiger partial charge is 0.257 e. The number of carbonyl (C=O) groups is 1. The molecule has 2 aromatic carbocycles. The molecular weight excluding hydrogens is 361 g/mol. The number of hydrogen-bond donors (Lipinski definition) is 2. The quantitative estimate of drug-likeness (QED) is 0.771. The van der Waals surface area contributed by atoms with Crippen LogP contribution in [0.15, 0.2) is 30.3 Å². The van der Waals surface area contributed by atoms with Crippen molar-refractivity contribution in [3.63, 3.8) is 0 Å². The molecular formula is C19H21Cl2NO3. The number of hydrogen-bond acceptors (Lipinski definition) is 3. The maximum atomic E-state index is 11.3. The number of phenols is 1. The maximum Gasteiger partial charge on any atom is 0.257 e. The van der Waals surface area contributed by atoms with Crippen molar-refractivity contribution in [3.8, 4) is 11.5 Å². The highest BCUT2D eigenvalue weighted by Crippen LogP contribution is 2.33. The zero-order valence-electron chi connectivity index (χ0n) is 14.4. The number of nitrogens with one attached hydrogen (secondary N) is 1. The minimum atomic E-state index is -0.235. The van der Waals surface area contributed by atoms with Gasteiger partial charge < -0.3 is 15.2 Å². The maximum absolute atomic E-state index is 11.3. The predicted molar refractivity (Wildman–Crippen MR) is 101 cm³/mol. The van der Waals surface area contributed by atoms with E-state index in [-0.39, 0.29) is 24.2 Å². The van der Waals surface area contributed by atoms with E-state index in [0.717, 1.165) is 16.7 Å². The number of likely N-dealkylation sites (N-methyl/N-ethyl adjacent to an activating group) is 1. The molecule has 6 heteroatoms. The van der Waals surface area contributed by atoms with Crippen LogP contribution in [-0.4, -0.2) is 24.7 Å². The van der Waals surface area contributed by atoms with Gasteiger partial charge in [0.2, 0.25) is 0 Å². The highest BCUT2D eigenvalue weighted by Gasteiger charge is 2.13. The van der Waals surface area contributed by atoms with Crippen molar-refractivity contribution in [1.29, 1.82) is 0 Å². The third-order valence-electron chi connectivity index (χ3n) is 3.86. The molecule has 2 aromatic rings. The van der Waals surface area contributed by atoms with Crippen molar-refractivity contribution in [1.82, 2.24) is 5.32 Å². The molecule has 0 aliphatic rings. The number of ether oxygens (including phenoxy) is 1. The number of amides is 1. The molecule has 0 aliphatic carbocycles. The van der Waals surface area contributed by atoms with Crippen LogP contribution in [0.1, 0.15) is 36.5 Å². The van der Waals surface area contributed by atoms with Gasteiger partial charge in [0.05, 0.1) is 0 Å². The number of carbonyl (C=O) groups excluding carboxylic acids is 1. The van der Waals surface area contributed by atoms with Crippen LogP contribution in [-0.2, 0) is 11.2 Å². The summed E-state index contributed by atoms with van der Waals surface area (Å²) < 4.78 is 5.38. The van der Waals surface area contributed by atoms with Gasteiger partial charge in [-0.3, -0.25) is 4.79 Å². The molecule has 0 unspecified atom stereocenters. The van der Waals surface area contributed by atoms with Crippen molar-refractivity contribution in [2.75, 3.05) is 13.7 Å². The van der Waals surface area contributed by atoms with Gasteiger partial charge in [-0.1, -0.05) is 49.2 Å². The van der Waals surface area contributed by atoms with E-state index >= 15 is 0 Å². The zero-order valence-corrected chi connectivity index (χ0v) is 15.9. The third kappa shape index (κ3) is 5.03. The molecule has 0 bridgehead atoms. The van der Waals surface area contributed by atoms with Crippen LogP contribution < -0.4 is 10.1 Å². The van der Waals surface area contributed by atoms with Gasteiger partial charge in [0.1, 0.15) is 11.5 Å². The standard InChI is InChI=1S/C19H21Cl2NO3/c1-11(2)14-6-12(4-5-18(14)23)7-15-16(20)8-13(9-17(15)21)25-10-19(24)22-3/h4-6,8-9,11,23H,7,10H2,1-3H3,(H,22,24). The Hall–Kier alpha value is -1.91. The van der Waals surface area contributed by atoms with Gasteiger partial charge >= 0.3 is 0 Å². The van der Waals surface area contributed by atoms with E-state index in [1.807, 2.05) is 26.0 Å². The Morgan fingerprint density at radius 3 is 2.40 bits per heavy atom. The normalized spacial score (nSPS) is 10.8. The lowest BCUT2D eigenvalue weighted by atomic mass is 9.96. The van der Waals surface area contributed by atoms with Crippen LogP contribution in [0.3, 0.4) is 0 Å². The van der Waals surface area contributed by atoms with Crippen LogP contribution in [0, 0.1) is 0 Å². The molecule has 134 valence electrons. The van der Waals surface area contributed by atoms with Crippen LogP contribution in [0.4, 0.5) is 0 Å². The lowest BCUT2D eigenvalue weighted by Gasteiger charge is -2.13. The van der Waals surface area contributed by atoms with Gasteiger partial charge in [-0.15, -0.1) is 0 Å². The van der Waals surface area contributed by atoms with E-state index in [2.05, 4.69) is 5.32 Å². The Balaban J connectivity index is 2.23. The second-order valence-corrected chi connectivity index (χ2v) is 6.87. The van der Waals surface area contributed by atoms with E-state index < -0.39 is 0 Å². The number of aromatic hydroxyl groups is 1. The SMILES string of the molecule is CNC(=O)COc1cc(Cl)c(Cc2ccc(O)c(C(C)C)c2)c(Cl)c1. The van der Waals surface area contributed by atoms with Crippen LogP contribution in [0.25, 0.3) is 0 Å². The first kappa shape index (κ1) is 19.4. The molecule has 0 spiro atoms. The van der Waals surface area contributed by atoms with Crippen LogP contribution in [0.2, 0.25) is 10.0 Å². The van der Waals surface area contributed by atoms with E-state index in [4.69, 9.17) is 27.9 Å². The van der Waals surface area contributed by atoms with Gasteiger partial charge in [-0.2, -0.15) is 0 Å². The van der Waals surface area contributed by atoms with Crippen LogP contribution in [0.5, 0.6) is 11.5 Å². The topological polar surface area (TPSA) is 58.6 Å². The molecule has 0 radical (unpaired) electrons. The van der Waals surface area contributed by atoms with Crippen molar-refractivity contribution < 1.29 is 14.6 Å². The monoisotopic (exact) mass is 381 g/mol. The lowest BCUT2D eigenvalue weighted by Crippen LogP contribution is -2.24. The minimum Gasteiger partial charge on any atom is -0.508 e. The summed E-state index contributed by atoms with van der Waals surface area (Å²) in [5.74, 6) is 0.706. The fourth-order valence-corrected chi connectivity index (χ4v) is 3.03. The van der Waals surface area contributed by atoms with E-state index in [1.165, 1.54) is 7.05 Å². The number of rotatable bonds is 6. The van der Waals surface area contributed by atoms with Crippen molar-refractivity contribution in [3.05, 3.63) is 57.1 Å². The summed E-state index contributed by atoms with van der Waals surface area (Å²) in [6.45, 7) is 3.95. The Morgan fingerprint density at radius 1 is 1.20 bits per heavy atom. The Labute approximate surface area is 157 Å². The molecule has 0 heterocycles. The number of benzene rings is 2. The third-order valence-corrected chi connectivity index (χ3v) is 4.53. The molecule has 0 aliphatic heterocycles. The van der Waals surface area contributed by atoms with Gasteiger partial charge in [0.25, 0.3) is 5.91 Å². The molecule has 0 saturated carbocycles. The molecule has 0 fully saturated rings. The Kier molecular flexibility index (Phi) is 6.57. The molecule has 0 atom stereocenters. The van der Waals surface area contributed by atoms with Crippen molar-refractivity contribution >= 4 is 29.1 Å². The molecule has 2 N–H and O–H groups in total. The molecule has 1 amide bonds. The molecule has 0 saturated heterocycles. The zero-order chi connectivity index (χ0) is 18.6. The van der Waals surface area contributed by atoms with Crippen molar-refractivity contribution in [2.45, 2.75) is 26.2 Å². The molecule has 2 rings (SSSR count). The van der Waals surface area contributed by atoms with Gasteiger partial charge in [0, 0.05) is 23.5 Å². The fraction of sp³-hybridized carbons (Fsp3) is 0.316. The highest BCUT2D eigenvalue weighted by molar-refractivity contribution is 6.36. The summed E-state index contributed by atoms with van der Waals surface area (Å²) in [6, 6.07) is 8.80.